The fourth-order valence-corrected chi connectivity index (χ4v) is 3.63. The van der Waals surface area contributed by atoms with E-state index in [9.17, 15) is 0 Å². The number of hydrazine groups is 1. The second kappa shape index (κ2) is 5.42. The molecule has 0 saturated heterocycles. The second-order valence-corrected chi connectivity index (χ2v) is 6.01. The van der Waals surface area contributed by atoms with Crippen molar-refractivity contribution >= 4 is 43.2 Å². The summed E-state index contributed by atoms with van der Waals surface area (Å²) in [5, 5.41) is 2.04. The Bertz CT molecular complexity index is 484. The van der Waals surface area contributed by atoms with Crippen LogP contribution >= 0.6 is 43.2 Å². The lowest BCUT2D eigenvalue weighted by Crippen LogP contribution is -2.28. The summed E-state index contributed by atoms with van der Waals surface area (Å²) >= 11 is 8.67. The van der Waals surface area contributed by atoms with Crippen LogP contribution < -0.4 is 11.3 Å². The molecule has 0 fully saturated rings. The summed E-state index contributed by atoms with van der Waals surface area (Å²) in [6.45, 7) is 0. The molecule has 0 aliphatic heterocycles. The summed E-state index contributed by atoms with van der Waals surface area (Å²) in [4.78, 5) is 1.18. The van der Waals surface area contributed by atoms with Crippen LogP contribution in [0.5, 0.6) is 0 Å². The van der Waals surface area contributed by atoms with Crippen molar-refractivity contribution in [2.24, 2.45) is 5.84 Å². The quantitative estimate of drug-likeness (QED) is 0.644. The van der Waals surface area contributed by atoms with Crippen LogP contribution in [0.3, 0.4) is 0 Å². The molecule has 1 aromatic heterocycles. The van der Waals surface area contributed by atoms with E-state index in [1.807, 2.05) is 23.6 Å². The Hall–Kier alpha value is -0.200. The van der Waals surface area contributed by atoms with Gasteiger partial charge in [-0.15, -0.1) is 11.3 Å². The van der Waals surface area contributed by atoms with Gasteiger partial charge >= 0.3 is 0 Å². The van der Waals surface area contributed by atoms with Crippen molar-refractivity contribution < 1.29 is 0 Å². The van der Waals surface area contributed by atoms with Crippen LogP contribution in [0.25, 0.3) is 0 Å². The molecule has 0 radical (unpaired) electrons. The normalized spacial score (nSPS) is 12.7. The highest BCUT2D eigenvalue weighted by Crippen LogP contribution is 2.33. The summed E-state index contributed by atoms with van der Waals surface area (Å²) < 4.78 is 2.14. The van der Waals surface area contributed by atoms with E-state index in [0.717, 1.165) is 14.5 Å². The third kappa shape index (κ3) is 2.55. The predicted molar refractivity (Wildman–Crippen MR) is 75.3 cm³/mol. The van der Waals surface area contributed by atoms with Gasteiger partial charge in [0.15, 0.2) is 0 Å². The van der Waals surface area contributed by atoms with Crippen molar-refractivity contribution in [3.8, 4) is 0 Å². The molecule has 1 unspecified atom stereocenters. The third-order valence-corrected chi connectivity index (χ3v) is 4.68. The van der Waals surface area contributed by atoms with E-state index in [-0.39, 0.29) is 6.04 Å². The predicted octanol–water partition coefficient (Wildman–Crippen LogP) is 3.83. The molecule has 0 spiro atoms. The van der Waals surface area contributed by atoms with E-state index in [0.29, 0.717) is 0 Å². The van der Waals surface area contributed by atoms with Gasteiger partial charge in [0.05, 0.1) is 6.04 Å². The Balaban J connectivity index is 2.40. The Morgan fingerprint density at radius 2 is 2.06 bits per heavy atom. The van der Waals surface area contributed by atoms with Gasteiger partial charge in [-0.25, -0.2) is 5.43 Å². The van der Waals surface area contributed by atoms with E-state index < -0.39 is 0 Å². The average molecular weight is 362 g/mol. The summed E-state index contributed by atoms with van der Waals surface area (Å²) in [5.74, 6) is 5.64. The molecule has 2 rings (SSSR count). The van der Waals surface area contributed by atoms with Crippen LogP contribution in [0, 0.1) is 0 Å². The largest absolute Gasteiger partial charge is 0.271 e. The lowest BCUT2D eigenvalue weighted by Gasteiger charge is -2.15. The molecule has 0 aliphatic carbocycles. The van der Waals surface area contributed by atoms with E-state index in [2.05, 4.69) is 49.4 Å². The van der Waals surface area contributed by atoms with Crippen molar-refractivity contribution in [3.05, 3.63) is 55.1 Å². The monoisotopic (exact) mass is 360 g/mol. The van der Waals surface area contributed by atoms with Crippen molar-refractivity contribution in [1.82, 2.24) is 5.43 Å². The van der Waals surface area contributed by atoms with Gasteiger partial charge in [0.2, 0.25) is 0 Å². The van der Waals surface area contributed by atoms with E-state index in [4.69, 9.17) is 5.84 Å². The third-order valence-electron chi connectivity index (χ3n) is 2.26. The first-order valence-electron chi connectivity index (χ1n) is 4.67. The maximum atomic E-state index is 5.64. The smallest absolute Gasteiger partial charge is 0.0814 e. The molecule has 0 saturated carbocycles. The van der Waals surface area contributed by atoms with Gasteiger partial charge < -0.3 is 0 Å². The highest BCUT2D eigenvalue weighted by molar-refractivity contribution is 9.10. The molecule has 0 bridgehead atoms. The molecule has 0 aliphatic rings. The van der Waals surface area contributed by atoms with Crippen LogP contribution in [0.15, 0.2) is 44.7 Å². The van der Waals surface area contributed by atoms with Gasteiger partial charge in [0.1, 0.15) is 0 Å². The fraction of sp³-hybridized carbons (Fsp3) is 0.0909. The molecule has 3 N–H and O–H groups in total. The maximum Gasteiger partial charge on any atom is 0.0814 e. The molecule has 1 atom stereocenters. The molecule has 1 aromatic carbocycles. The fourth-order valence-electron chi connectivity index (χ4n) is 1.52. The number of hydrogen-bond acceptors (Lipinski definition) is 3. The molecular formula is C11H10Br2N2S. The van der Waals surface area contributed by atoms with Gasteiger partial charge in [0.25, 0.3) is 0 Å². The second-order valence-electron chi connectivity index (χ2n) is 3.29. The molecule has 1 heterocycles. The van der Waals surface area contributed by atoms with Crippen molar-refractivity contribution in [3.63, 3.8) is 0 Å². The number of benzene rings is 1. The standard InChI is InChI=1S/C11H10Br2N2S/c12-8-3-1-2-7(6-8)10(15-14)11-9(13)4-5-16-11/h1-6,10,15H,14H2. The van der Waals surface area contributed by atoms with Gasteiger partial charge in [-0.05, 0) is 45.1 Å². The summed E-state index contributed by atoms with van der Waals surface area (Å²) in [6, 6.07) is 10.2. The van der Waals surface area contributed by atoms with Gasteiger partial charge in [-0.1, -0.05) is 28.1 Å². The van der Waals surface area contributed by atoms with Crippen LogP contribution in [-0.4, -0.2) is 0 Å². The minimum absolute atomic E-state index is 0.0203. The topological polar surface area (TPSA) is 38.0 Å². The van der Waals surface area contributed by atoms with E-state index in [1.54, 1.807) is 11.3 Å². The first-order chi connectivity index (χ1) is 7.72. The van der Waals surface area contributed by atoms with Gasteiger partial charge in [-0.3, -0.25) is 5.84 Å². The summed E-state index contributed by atoms with van der Waals surface area (Å²) in [6.07, 6.45) is 0. The summed E-state index contributed by atoms with van der Waals surface area (Å²) in [5.41, 5.74) is 3.99. The lowest BCUT2D eigenvalue weighted by atomic mass is 10.1. The zero-order valence-corrected chi connectivity index (χ0v) is 12.3. The zero-order valence-electron chi connectivity index (χ0n) is 8.28. The molecule has 0 amide bonds. The zero-order chi connectivity index (χ0) is 11.5. The Morgan fingerprint density at radius 1 is 1.25 bits per heavy atom. The molecule has 84 valence electrons. The number of rotatable bonds is 3. The maximum absolute atomic E-state index is 5.64. The van der Waals surface area contributed by atoms with Crippen molar-refractivity contribution in [1.29, 1.82) is 0 Å². The Labute approximate surface area is 115 Å². The Morgan fingerprint density at radius 3 is 2.62 bits per heavy atom. The highest BCUT2D eigenvalue weighted by Gasteiger charge is 2.16. The number of nitrogens with two attached hydrogens (primary N) is 1. The molecule has 2 aromatic rings. The summed E-state index contributed by atoms with van der Waals surface area (Å²) in [7, 11) is 0. The number of halogens is 2. The lowest BCUT2D eigenvalue weighted by molar-refractivity contribution is 0.644. The minimum Gasteiger partial charge on any atom is -0.271 e. The van der Waals surface area contributed by atoms with E-state index >= 15 is 0 Å². The Kier molecular flexibility index (Phi) is 4.16. The van der Waals surface area contributed by atoms with Crippen molar-refractivity contribution in [2.75, 3.05) is 0 Å². The SMILES string of the molecule is NNC(c1cccc(Br)c1)c1sccc1Br. The van der Waals surface area contributed by atoms with Gasteiger partial charge in [0, 0.05) is 13.8 Å². The molecular weight excluding hydrogens is 352 g/mol. The van der Waals surface area contributed by atoms with Crippen LogP contribution in [0.4, 0.5) is 0 Å². The van der Waals surface area contributed by atoms with Crippen LogP contribution in [-0.2, 0) is 0 Å². The van der Waals surface area contributed by atoms with Gasteiger partial charge in [-0.2, -0.15) is 0 Å². The highest BCUT2D eigenvalue weighted by atomic mass is 79.9. The number of thiophene rings is 1. The molecule has 16 heavy (non-hydrogen) atoms. The van der Waals surface area contributed by atoms with Crippen LogP contribution in [0.2, 0.25) is 0 Å². The van der Waals surface area contributed by atoms with Crippen LogP contribution in [0.1, 0.15) is 16.5 Å². The first kappa shape index (κ1) is 12.3. The molecule has 2 nitrogen and oxygen atoms in total. The first-order valence-corrected chi connectivity index (χ1v) is 7.13. The number of hydrogen-bond donors (Lipinski definition) is 2. The van der Waals surface area contributed by atoms with Crippen molar-refractivity contribution in [2.45, 2.75) is 6.04 Å². The van der Waals surface area contributed by atoms with E-state index in [1.165, 1.54) is 4.88 Å². The minimum atomic E-state index is 0.0203. The average Bonchev–Trinajstić information content (AvgIpc) is 2.67. The number of nitrogens with one attached hydrogen (secondary N) is 1. The molecule has 5 heteroatoms.